The Hall–Kier alpha value is -4.53. The molecule has 1 aliphatic heterocycles. The second-order valence-electron chi connectivity index (χ2n) is 14.5. The minimum absolute atomic E-state index is 0.123. The van der Waals surface area contributed by atoms with Crippen LogP contribution < -0.4 is 22.1 Å². The van der Waals surface area contributed by atoms with Crippen LogP contribution >= 0.6 is 0 Å². The lowest BCUT2D eigenvalue weighted by Gasteiger charge is -2.27. The smallest absolute Gasteiger partial charge is 0.407 e. The zero-order chi connectivity index (χ0) is 38.5. The van der Waals surface area contributed by atoms with Crippen LogP contribution in [0.4, 0.5) is 4.79 Å². The maximum Gasteiger partial charge on any atom is 0.407 e. The van der Waals surface area contributed by atoms with Gasteiger partial charge in [-0.05, 0) is 95.0 Å². The van der Waals surface area contributed by atoms with Gasteiger partial charge in [-0.2, -0.15) is 0 Å². The summed E-state index contributed by atoms with van der Waals surface area (Å²) in [4.78, 5) is 60.7. The number of ether oxygens (including phenoxy) is 4. The van der Waals surface area contributed by atoms with Gasteiger partial charge >= 0.3 is 11.8 Å². The molecule has 0 saturated carbocycles. The summed E-state index contributed by atoms with van der Waals surface area (Å²) in [6.07, 6.45) is 3.39. The summed E-state index contributed by atoms with van der Waals surface area (Å²) in [5.41, 5.74) is 9.10. The number of benzene rings is 2. The highest BCUT2D eigenvalue weighted by atomic mass is 16.6. The number of alkyl carbamates (subject to hydrolysis) is 1. The predicted molar refractivity (Wildman–Crippen MR) is 199 cm³/mol. The number of nitrogens with one attached hydrogen (secondary N) is 2. The number of primary amides is 1. The SMILES string of the molecule is C[C@@H](OCc1ccc(CCCOCCOCCCc2ccc3c(c2)n(C)c(=O)n3C2CCC(=O)NC2=O)cc1)[C@H](CCC(N)=O)NC(=O)OC(C)(C)C. The fraction of sp³-hybridized carbons (Fsp3) is 0.564. The Morgan fingerprint density at radius 2 is 1.55 bits per heavy atom. The fourth-order valence-corrected chi connectivity index (χ4v) is 6.20. The Morgan fingerprint density at radius 1 is 0.925 bits per heavy atom. The molecule has 4 amide bonds. The van der Waals surface area contributed by atoms with Crippen LogP contribution in [0.3, 0.4) is 0 Å². The number of carbonyl (C=O) groups is 4. The first-order valence-electron chi connectivity index (χ1n) is 18.4. The number of imide groups is 1. The number of nitrogens with zero attached hydrogens (tertiary/aromatic N) is 2. The molecule has 1 fully saturated rings. The van der Waals surface area contributed by atoms with E-state index in [0.717, 1.165) is 42.3 Å². The molecule has 3 atom stereocenters. The van der Waals surface area contributed by atoms with E-state index in [2.05, 4.69) is 22.8 Å². The zero-order valence-corrected chi connectivity index (χ0v) is 31.6. The summed E-state index contributed by atoms with van der Waals surface area (Å²) in [7, 11) is 1.69. The van der Waals surface area contributed by atoms with Gasteiger partial charge in [-0.25, -0.2) is 9.59 Å². The molecule has 2 heterocycles. The average Bonchev–Trinajstić information content (AvgIpc) is 3.34. The molecule has 1 aliphatic rings. The molecule has 3 aromatic rings. The van der Waals surface area contributed by atoms with Crippen molar-refractivity contribution in [2.45, 2.75) is 109 Å². The number of nitrogens with two attached hydrogens (primary N) is 1. The zero-order valence-electron chi connectivity index (χ0n) is 31.6. The maximum atomic E-state index is 13.0. The van der Waals surface area contributed by atoms with Gasteiger partial charge in [0.1, 0.15) is 11.6 Å². The maximum absolute atomic E-state index is 13.0. The lowest BCUT2D eigenvalue weighted by Crippen LogP contribution is -2.45. The van der Waals surface area contributed by atoms with Crippen molar-refractivity contribution in [2.75, 3.05) is 26.4 Å². The van der Waals surface area contributed by atoms with Crippen LogP contribution in [0, 0.1) is 0 Å². The summed E-state index contributed by atoms with van der Waals surface area (Å²) < 4.78 is 26.0. The predicted octanol–water partition coefficient (Wildman–Crippen LogP) is 3.98. The first kappa shape index (κ1) is 41.2. The third kappa shape index (κ3) is 12.8. The minimum atomic E-state index is -0.695. The number of rotatable bonds is 20. The molecule has 0 aliphatic carbocycles. The summed E-state index contributed by atoms with van der Waals surface area (Å²) in [6, 6.07) is 12.9. The van der Waals surface area contributed by atoms with Crippen LogP contribution in [0.5, 0.6) is 0 Å². The third-order valence-corrected chi connectivity index (χ3v) is 9.06. The molecule has 14 nitrogen and oxygen atoms in total. The highest BCUT2D eigenvalue weighted by Crippen LogP contribution is 2.24. The lowest BCUT2D eigenvalue weighted by molar-refractivity contribution is -0.135. The van der Waals surface area contributed by atoms with Gasteiger partial charge < -0.3 is 30.0 Å². The van der Waals surface area contributed by atoms with Crippen LogP contribution in [0.2, 0.25) is 0 Å². The Kier molecular flexibility index (Phi) is 15.2. The van der Waals surface area contributed by atoms with Gasteiger partial charge in [0.05, 0.1) is 43.0 Å². The molecule has 4 N–H and O–H groups in total. The number of fused-ring (bicyclic) bond motifs is 1. The Balaban J connectivity index is 1.09. The van der Waals surface area contributed by atoms with E-state index in [-0.39, 0.29) is 30.5 Å². The highest BCUT2D eigenvalue weighted by molar-refractivity contribution is 6.00. The third-order valence-electron chi connectivity index (χ3n) is 9.06. The molecule has 1 aromatic heterocycles. The first-order chi connectivity index (χ1) is 25.2. The van der Waals surface area contributed by atoms with E-state index in [0.29, 0.717) is 51.4 Å². The second kappa shape index (κ2) is 19.5. The van der Waals surface area contributed by atoms with Crippen molar-refractivity contribution in [3.8, 4) is 0 Å². The fourth-order valence-electron chi connectivity index (χ4n) is 6.20. The quantitative estimate of drug-likeness (QED) is 0.114. The molecular formula is C39H55N5O9. The highest BCUT2D eigenvalue weighted by Gasteiger charge is 2.31. The van der Waals surface area contributed by atoms with Gasteiger partial charge in [-0.1, -0.05) is 30.3 Å². The topological polar surface area (TPSA) is 182 Å². The van der Waals surface area contributed by atoms with Gasteiger partial charge in [-0.15, -0.1) is 0 Å². The molecule has 53 heavy (non-hydrogen) atoms. The normalized spacial score (nSPS) is 16.0. The molecule has 4 rings (SSSR count). The van der Waals surface area contributed by atoms with Crippen LogP contribution in [-0.2, 0) is 59.8 Å². The molecule has 1 unspecified atom stereocenters. The van der Waals surface area contributed by atoms with Crippen LogP contribution in [0.1, 0.15) is 89.0 Å². The number of aromatic nitrogens is 2. The number of carbonyl (C=O) groups excluding carboxylic acids is 4. The summed E-state index contributed by atoms with van der Waals surface area (Å²) in [5.74, 6) is -1.20. The number of piperidine rings is 1. The van der Waals surface area contributed by atoms with Gasteiger partial charge in [0.15, 0.2) is 0 Å². The van der Waals surface area contributed by atoms with Crippen LogP contribution in [0.15, 0.2) is 47.3 Å². The van der Waals surface area contributed by atoms with Gasteiger partial charge in [0, 0.05) is 33.1 Å². The van der Waals surface area contributed by atoms with Crippen molar-refractivity contribution in [1.29, 1.82) is 0 Å². The van der Waals surface area contributed by atoms with E-state index in [1.54, 1.807) is 32.4 Å². The van der Waals surface area contributed by atoms with E-state index >= 15 is 0 Å². The number of aryl methyl sites for hydroxylation is 3. The number of imidazole rings is 1. The summed E-state index contributed by atoms with van der Waals surface area (Å²) >= 11 is 0. The average molecular weight is 738 g/mol. The molecule has 2 aromatic carbocycles. The number of hydrogen-bond acceptors (Lipinski definition) is 9. The van der Waals surface area contributed by atoms with E-state index < -0.39 is 35.6 Å². The van der Waals surface area contributed by atoms with Crippen molar-refractivity contribution < 1.29 is 38.1 Å². The van der Waals surface area contributed by atoms with E-state index in [4.69, 9.17) is 24.7 Å². The van der Waals surface area contributed by atoms with Gasteiger partial charge in [0.25, 0.3) is 0 Å². The van der Waals surface area contributed by atoms with Gasteiger partial charge in [-0.3, -0.25) is 28.8 Å². The number of hydrogen-bond donors (Lipinski definition) is 3. The van der Waals surface area contributed by atoms with E-state index in [9.17, 15) is 24.0 Å². The van der Waals surface area contributed by atoms with Crippen molar-refractivity contribution in [2.24, 2.45) is 12.8 Å². The van der Waals surface area contributed by atoms with Crippen LogP contribution in [0.25, 0.3) is 11.0 Å². The molecule has 0 bridgehead atoms. The Bertz CT molecular complexity index is 1760. The number of amides is 4. The monoisotopic (exact) mass is 737 g/mol. The lowest BCUT2D eigenvalue weighted by atomic mass is 10.1. The molecule has 290 valence electrons. The standard InChI is InChI=1S/C39H55N5O9/c1-26(30(15-18-34(40)45)41-37(48)53-39(2,3)4)52-25-29-12-10-27(11-13-29)8-6-20-50-22-23-51-21-7-9-28-14-16-31-33(24-28)43(5)38(49)44(31)32-17-19-35(46)42-36(32)47/h10-14,16,24,26,30,32H,6-9,15,17-23,25H2,1-5H3,(H2,40,45)(H,41,48)(H,42,46,47)/t26-,30+,32?/m1/s1. The van der Waals surface area contributed by atoms with E-state index in [1.165, 1.54) is 10.1 Å². The van der Waals surface area contributed by atoms with E-state index in [1.807, 2.05) is 37.3 Å². The first-order valence-corrected chi connectivity index (χ1v) is 18.4. The van der Waals surface area contributed by atoms with Gasteiger partial charge in [0.2, 0.25) is 17.7 Å². The summed E-state index contributed by atoms with van der Waals surface area (Å²) in [5, 5.41) is 5.15. The largest absolute Gasteiger partial charge is 0.444 e. The van der Waals surface area contributed by atoms with Crippen LogP contribution in [-0.4, -0.2) is 77.1 Å². The Morgan fingerprint density at radius 3 is 2.17 bits per heavy atom. The molecule has 0 radical (unpaired) electrons. The van der Waals surface area contributed by atoms with Crippen molar-refractivity contribution in [3.05, 3.63) is 69.6 Å². The van der Waals surface area contributed by atoms with Crippen molar-refractivity contribution in [3.63, 3.8) is 0 Å². The second-order valence-corrected chi connectivity index (χ2v) is 14.5. The summed E-state index contributed by atoms with van der Waals surface area (Å²) in [6.45, 7) is 9.79. The molecular weight excluding hydrogens is 682 g/mol. The molecule has 1 saturated heterocycles. The Labute approximate surface area is 310 Å². The molecule has 0 spiro atoms. The molecule has 14 heteroatoms. The van der Waals surface area contributed by atoms with Crippen molar-refractivity contribution in [1.82, 2.24) is 19.8 Å². The van der Waals surface area contributed by atoms with Crippen molar-refractivity contribution >= 4 is 34.8 Å². The minimum Gasteiger partial charge on any atom is -0.444 e.